The van der Waals surface area contributed by atoms with E-state index in [9.17, 15) is 9.90 Å². The summed E-state index contributed by atoms with van der Waals surface area (Å²) in [6, 6.07) is 26.2. The van der Waals surface area contributed by atoms with E-state index < -0.39 is 6.10 Å². The van der Waals surface area contributed by atoms with E-state index >= 15 is 0 Å². The highest BCUT2D eigenvalue weighted by Gasteiger charge is 2.10. The number of hydrogen-bond donors (Lipinski definition) is 3. The molecule has 0 fully saturated rings. The molecule has 3 N–H and O–H groups in total. The van der Waals surface area contributed by atoms with Crippen LogP contribution in [0.5, 0.6) is 17.2 Å². The summed E-state index contributed by atoms with van der Waals surface area (Å²) in [4.78, 5) is 12.1. The monoisotopic (exact) mass is 464 g/mol. The van der Waals surface area contributed by atoms with Crippen molar-refractivity contribution in [2.24, 2.45) is 0 Å². The average Bonchev–Trinajstić information content (AvgIpc) is 2.88. The van der Waals surface area contributed by atoms with Crippen molar-refractivity contribution in [3.8, 4) is 17.2 Å². The molecule has 3 aromatic carbocycles. The van der Waals surface area contributed by atoms with E-state index in [0.29, 0.717) is 31.2 Å². The summed E-state index contributed by atoms with van der Waals surface area (Å²) in [5.41, 5.74) is 1.04. The molecule has 0 radical (unpaired) electrons. The molecule has 0 saturated carbocycles. The second-order valence-electron chi connectivity index (χ2n) is 7.79. The van der Waals surface area contributed by atoms with Gasteiger partial charge in [-0.3, -0.25) is 4.79 Å². The molecule has 0 aliphatic rings. The van der Waals surface area contributed by atoms with E-state index in [-0.39, 0.29) is 25.2 Å². The number of aliphatic hydroxyl groups is 1. The van der Waals surface area contributed by atoms with Crippen molar-refractivity contribution in [1.82, 2.24) is 10.6 Å². The summed E-state index contributed by atoms with van der Waals surface area (Å²) in [5.74, 6) is 1.84. The minimum absolute atomic E-state index is 0.0579. The summed E-state index contributed by atoms with van der Waals surface area (Å²) in [7, 11) is 0. The molecule has 0 unspecified atom stereocenters. The molecule has 3 rings (SSSR count). The zero-order valence-electron chi connectivity index (χ0n) is 19.4. The Labute approximate surface area is 200 Å². The van der Waals surface area contributed by atoms with Gasteiger partial charge in [-0.05, 0) is 48.9 Å². The minimum atomic E-state index is -0.607. The topological polar surface area (TPSA) is 89.1 Å². The van der Waals surface area contributed by atoms with Gasteiger partial charge in [0.05, 0.1) is 6.04 Å². The molecule has 0 spiro atoms. The summed E-state index contributed by atoms with van der Waals surface area (Å²) in [6.45, 7) is 3.55. The summed E-state index contributed by atoms with van der Waals surface area (Å²) < 4.78 is 16.8. The van der Waals surface area contributed by atoms with Crippen molar-refractivity contribution in [3.05, 3.63) is 90.5 Å². The van der Waals surface area contributed by atoms with Gasteiger partial charge in [0.1, 0.15) is 36.6 Å². The van der Waals surface area contributed by atoms with Gasteiger partial charge >= 0.3 is 0 Å². The Morgan fingerprint density at radius 3 is 2.09 bits per heavy atom. The first-order valence-corrected chi connectivity index (χ1v) is 11.4. The van der Waals surface area contributed by atoms with Gasteiger partial charge in [0.15, 0.2) is 6.61 Å². The first-order chi connectivity index (χ1) is 16.6. The fraction of sp³-hybridized carbons (Fsp3) is 0.296. The van der Waals surface area contributed by atoms with Crippen LogP contribution in [0.25, 0.3) is 0 Å². The molecule has 3 aromatic rings. The van der Waals surface area contributed by atoms with Crippen LogP contribution < -0.4 is 24.8 Å². The number of nitrogens with one attached hydrogen (secondary N) is 2. The molecule has 0 saturated heterocycles. The molecule has 7 heteroatoms. The molecule has 0 aliphatic carbocycles. The number of aliphatic hydroxyl groups excluding tert-OH is 1. The van der Waals surface area contributed by atoms with E-state index in [4.69, 9.17) is 14.2 Å². The third-order valence-electron chi connectivity index (χ3n) is 4.98. The van der Waals surface area contributed by atoms with Gasteiger partial charge in [-0.25, -0.2) is 0 Å². The van der Waals surface area contributed by atoms with E-state index in [1.807, 2.05) is 67.6 Å². The maximum absolute atomic E-state index is 12.1. The van der Waals surface area contributed by atoms with Gasteiger partial charge in [0.25, 0.3) is 5.91 Å². The van der Waals surface area contributed by atoms with Crippen LogP contribution in [-0.2, 0) is 4.79 Å². The standard InChI is InChI=1S/C27H32N2O5/c1-21(22-8-4-2-5-9-22)29-27(31)20-34-26-14-12-25(13-15-26)32-17-16-28-18-23(30)19-33-24-10-6-3-7-11-24/h2-15,21,23,28,30H,16-20H2,1H3,(H,29,31)/t21-,23-/m0/s1. The largest absolute Gasteiger partial charge is 0.492 e. The number of para-hydroxylation sites is 1. The van der Waals surface area contributed by atoms with E-state index in [0.717, 1.165) is 11.3 Å². The Morgan fingerprint density at radius 1 is 0.824 bits per heavy atom. The van der Waals surface area contributed by atoms with Crippen molar-refractivity contribution in [2.75, 3.05) is 32.9 Å². The SMILES string of the molecule is C[C@H](NC(=O)COc1ccc(OCCNC[C@H](O)COc2ccccc2)cc1)c1ccccc1. The van der Waals surface area contributed by atoms with Crippen molar-refractivity contribution >= 4 is 5.91 Å². The second kappa shape index (κ2) is 13.9. The van der Waals surface area contributed by atoms with Gasteiger partial charge < -0.3 is 30.0 Å². The Hall–Kier alpha value is -3.55. The van der Waals surface area contributed by atoms with Gasteiger partial charge in [-0.15, -0.1) is 0 Å². The molecule has 0 heterocycles. The molecule has 1 amide bonds. The fourth-order valence-electron chi connectivity index (χ4n) is 3.17. The van der Waals surface area contributed by atoms with E-state index in [2.05, 4.69) is 10.6 Å². The Balaban J connectivity index is 1.26. The maximum Gasteiger partial charge on any atom is 0.258 e. The molecular formula is C27H32N2O5. The average molecular weight is 465 g/mol. The van der Waals surface area contributed by atoms with Crippen LogP contribution in [-0.4, -0.2) is 50.0 Å². The van der Waals surface area contributed by atoms with E-state index in [1.54, 1.807) is 24.3 Å². The van der Waals surface area contributed by atoms with Crippen LogP contribution in [0.15, 0.2) is 84.9 Å². The van der Waals surface area contributed by atoms with Crippen LogP contribution in [0.1, 0.15) is 18.5 Å². The lowest BCUT2D eigenvalue weighted by molar-refractivity contribution is -0.123. The molecule has 180 valence electrons. The van der Waals surface area contributed by atoms with Gasteiger partial charge in [-0.1, -0.05) is 48.5 Å². The molecule has 0 aromatic heterocycles. The summed E-state index contributed by atoms with van der Waals surface area (Å²) in [5, 5.41) is 16.0. The summed E-state index contributed by atoms with van der Waals surface area (Å²) >= 11 is 0. The van der Waals surface area contributed by atoms with Crippen LogP contribution in [0.2, 0.25) is 0 Å². The molecule has 0 aliphatic heterocycles. The highest BCUT2D eigenvalue weighted by molar-refractivity contribution is 5.78. The normalized spacial score (nSPS) is 12.4. The number of rotatable bonds is 14. The number of benzene rings is 3. The molecular weight excluding hydrogens is 432 g/mol. The van der Waals surface area contributed by atoms with E-state index in [1.165, 1.54) is 0 Å². The number of amides is 1. The van der Waals surface area contributed by atoms with Crippen molar-refractivity contribution in [2.45, 2.75) is 19.1 Å². The molecule has 0 bridgehead atoms. The lowest BCUT2D eigenvalue weighted by atomic mass is 10.1. The Bertz CT molecular complexity index is 967. The number of ether oxygens (including phenoxy) is 3. The highest BCUT2D eigenvalue weighted by Crippen LogP contribution is 2.17. The van der Waals surface area contributed by atoms with Gasteiger partial charge in [-0.2, -0.15) is 0 Å². The van der Waals surface area contributed by atoms with Gasteiger partial charge in [0, 0.05) is 13.1 Å². The third kappa shape index (κ3) is 9.13. The van der Waals surface area contributed by atoms with Crippen LogP contribution in [0.3, 0.4) is 0 Å². The van der Waals surface area contributed by atoms with Crippen LogP contribution in [0.4, 0.5) is 0 Å². The second-order valence-corrected chi connectivity index (χ2v) is 7.79. The Morgan fingerprint density at radius 2 is 1.41 bits per heavy atom. The summed E-state index contributed by atoms with van der Waals surface area (Å²) in [6.07, 6.45) is -0.607. The number of carbonyl (C=O) groups is 1. The van der Waals surface area contributed by atoms with Crippen LogP contribution >= 0.6 is 0 Å². The quantitative estimate of drug-likeness (QED) is 0.317. The highest BCUT2D eigenvalue weighted by atomic mass is 16.5. The fourth-order valence-corrected chi connectivity index (χ4v) is 3.17. The third-order valence-corrected chi connectivity index (χ3v) is 4.98. The maximum atomic E-state index is 12.1. The lowest BCUT2D eigenvalue weighted by Crippen LogP contribution is -2.33. The Kier molecular flexibility index (Phi) is 10.2. The zero-order valence-corrected chi connectivity index (χ0v) is 19.4. The first kappa shape index (κ1) is 25.1. The lowest BCUT2D eigenvalue weighted by Gasteiger charge is -2.15. The molecule has 34 heavy (non-hydrogen) atoms. The minimum Gasteiger partial charge on any atom is -0.492 e. The zero-order chi connectivity index (χ0) is 24.0. The predicted molar refractivity (Wildman–Crippen MR) is 131 cm³/mol. The smallest absolute Gasteiger partial charge is 0.258 e. The number of carbonyl (C=O) groups excluding carboxylic acids is 1. The van der Waals surface area contributed by atoms with Crippen LogP contribution in [0, 0.1) is 0 Å². The van der Waals surface area contributed by atoms with Crippen molar-refractivity contribution < 1.29 is 24.1 Å². The molecule has 2 atom stereocenters. The van der Waals surface area contributed by atoms with Gasteiger partial charge in [0.2, 0.25) is 0 Å². The van der Waals surface area contributed by atoms with Crippen molar-refractivity contribution in [3.63, 3.8) is 0 Å². The predicted octanol–water partition coefficient (Wildman–Crippen LogP) is 3.35. The number of hydrogen-bond acceptors (Lipinski definition) is 6. The van der Waals surface area contributed by atoms with Crippen molar-refractivity contribution in [1.29, 1.82) is 0 Å². The molecule has 7 nitrogen and oxygen atoms in total. The first-order valence-electron chi connectivity index (χ1n) is 11.4.